The second-order valence-electron chi connectivity index (χ2n) is 7.94. The van der Waals surface area contributed by atoms with Gasteiger partial charge in [0.25, 0.3) is 5.91 Å². The molecule has 1 N–H and O–H groups in total. The Hall–Kier alpha value is -3.44. The maximum absolute atomic E-state index is 13.2. The van der Waals surface area contributed by atoms with Gasteiger partial charge < -0.3 is 19.4 Å². The minimum absolute atomic E-state index is 0.146. The first kappa shape index (κ1) is 24.2. The van der Waals surface area contributed by atoms with Crippen molar-refractivity contribution in [2.75, 3.05) is 19.6 Å². The van der Waals surface area contributed by atoms with E-state index in [0.29, 0.717) is 32.5 Å². The van der Waals surface area contributed by atoms with Gasteiger partial charge in [-0.05, 0) is 37.3 Å². The lowest BCUT2D eigenvalue weighted by molar-refractivity contribution is -0.192. The molecular formula is C21H23F3N4O5. The van der Waals surface area contributed by atoms with Crippen LogP contribution in [0.1, 0.15) is 41.8 Å². The number of piperidine rings is 2. The van der Waals surface area contributed by atoms with Crippen molar-refractivity contribution >= 4 is 17.8 Å². The molecule has 4 heterocycles. The molecular weight excluding hydrogens is 445 g/mol. The standard InChI is InChI=1S/C19H22N4O3.C2HF3O2/c24-17(16-4-9-21-26-16)22-11-6-19(7-12-22)5-2-10-23(18(19)25)14-15-3-1-8-20-13-15;3-2(4,5)1(6)7/h1,3-4,8-9,13H,2,5-7,10-12,14H2;(H,6,7). The number of pyridine rings is 1. The molecule has 0 aliphatic carbocycles. The molecule has 9 nitrogen and oxygen atoms in total. The molecule has 2 aliphatic heterocycles. The molecule has 2 amide bonds. The average Bonchev–Trinajstić information content (AvgIpc) is 3.33. The van der Waals surface area contributed by atoms with Crippen LogP contribution in [-0.4, -0.2) is 68.6 Å². The quantitative estimate of drug-likeness (QED) is 0.736. The van der Waals surface area contributed by atoms with E-state index in [1.54, 1.807) is 17.2 Å². The number of hydrogen-bond donors (Lipinski definition) is 1. The zero-order chi connectivity index (χ0) is 24.1. The Balaban J connectivity index is 0.000000383. The van der Waals surface area contributed by atoms with Crippen LogP contribution in [0.15, 0.2) is 41.3 Å². The minimum Gasteiger partial charge on any atom is -0.475 e. The Morgan fingerprint density at radius 3 is 2.36 bits per heavy atom. The fourth-order valence-electron chi connectivity index (χ4n) is 4.10. The van der Waals surface area contributed by atoms with Crippen molar-refractivity contribution in [2.24, 2.45) is 5.41 Å². The van der Waals surface area contributed by atoms with E-state index < -0.39 is 12.1 Å². The van der Waals surface area contributed by atoms with Crippen molar-refractivity contribution in [2.45, 2.75) is 38.4 Å². The topological polar surface area (TPSA) is 117 Å². The van der Waals surface area contributed by atoms with Gasteiger partial charge in [-0.2, -0.15) is 13.2 Å². The fraction of sp³-hybridized carbons (Fsp3) is 0.476. The van der Waals surface area contributed by atoms with Crippen molar-refractivity contribution in [1.82, 2.24) is 19.9 Å². The number of amides is 2. The fourth-order valence-corrected chi connectivity index (χ4v) is 4.10. The molecule has 0 aromatic carbocycles. The first-order chi connectivity index (χ1) is 15.6. The number of carboxylic acids is 1. The normalized spacial score (nSPS) is 18.0. The lowest BCUT2D eigenvalue weighted by Crippen LogP contribution is -2.54. The van der Waals surface area contributed by atoms with Gasteiger partial charge >= 0.3 is 12.1 Å². The third-order valence-electron chi connectivity index (χ3n) is 5.82. The van der Waals surface area contributed by atoms with Gasteiger partial charge in [-0.15, -0.1) is 0 Å². The summed E-state index contributed by atoms with van der Waals surface area (Å²) in [4.78, 5) is 42.3. The molecule has 178 valence electrons. The number of likely N-dealkylation sites (tertiary alicyclic amines) is 2. The Bertz CT molecular complexity index is 958. The predicted octanol–water partition coefficient (Wildman–Crippen LogP) is 2.75. The summed E-state index contributed by atoms with van der Waals surface area (Å²) in [5.74, 6) is -2.42. The number of alkyl halides is 3. The minimum atomic E-state index is -5.08. The van der Waals surface area contributed by atoms with Crippen LogP contribution in [0.25, 0.3) is 0 Å². The highest BCUT2D eigenvalue weighted by molar-refractivity contribution is 5.91. The highest BCUT2D eigenvalue weighted by Gasteiger charge is 2.46. The Kier molecular flexibility index (Phi) is 7.34. The molecule has 2 aliphatic rings. The van der Waals surface area contributed by atoms with Crippen LogP contribution in [0.5, 0.6) is 0 Å². The molecule has 33 heavy (non-hydrogen) atoms. The van der Waals surface area contributed by atoms with E-state index in [-0.39, 0.29) is 23.0 Å². The van der Waals surface area contributed by atoms with Crippen LogP contribution in [0.2, 0.25) is 0 Å². The molecule has 2 fully saturated rings. The van der Waals surface area contributed by atoms with Gasteiger partial charge in [0.2, 0.25) is 11.7 Å². The Morgan fingerprint density at radius 1 is 1.12 bits per heavy atom. The van der Waals surface area contributed by atoms with Crippen LogP contribution in [0.4, 0.5) is 13.2 Å². The van der Waals surface area contributed by atoms with Crippen LogP contribution < -0.4 is 0 Å². The van der Waals surface area contributed by atoms with Crippen LogP contribution >= 0.6 is 0 Å². The first-order valence-corrected chi connectivity index (χ1v) is 10.3. The average molecular weight is 468 g/mol. The number of carboxylic acid groups (broad SMARTS) is 1. The number of carbonyl (C=O) groups excluding carboxylic acids is 2. The van der Waals surface area contributed by atoms with E-state index in [1.165, 1.54) is 6.20 Å². The summed E-state index contributed by atoms with van der Waals surface area (Å²) in [6.45, 7) is 2.54. The summed E-state index contributed by atoms with van der Waals surface area (Å²) in [6, 6.07) is 5.47. The first-order valence-electron chi connectivity index (χ1n) is 10.3. The van der Waals surface area contributed by atoms with Gasteiger partial charge in [0.15, 0.2) is 0 Å². The number of aliphatic carboxylic acids is 1. The lowest BCUT2D eigenvalue weighted by atomic mass is 9.71. The van der Waals surface area contributed by atoms with E-state index >= 15 is 0 Å². The van der Waals surface area contributed by atoms with Gasteiger partial charge in [0.1, 0.15) is 0 Å². The molecule has 1 spiro atoms. The van der Waals surface area contributed by atoms with E-state index in [0.717, 1.165) is 24.9 Å². The molecule has 0 radical (unpaired) electrons. The van der Waals surface area contributed by atoms with Crippen molar-refractivity contribution < 1.29 is 37.2 Å². The number of nitrogens with zero attached hydrogens (tertiary/aromatic N) is 4. The zero-order valence-corrected chi connectivity index (χ0v) is 17.6. The van der Waals surface area contributed by atoms with Gasteiger partial charge in [-0.3, -0.25) is 14.6 Å². The molecule has 2 saturated heterocycles. The molecule has 0 atom stereocenters. The zero-order valence-electron chi connectivity index (χ0n) is 17.6. The van der Waals surface area contributed by atoms with Crippen LogP contribution in [0, 0.1) is 5.41 Å². The largest absolute Gasteiger partial charge is 0.490 e. The molecule has 0 saturated carbocycles. The number of hydrogen-bond acceptors (Lipinski definition) is 6. The maximum atomic E-state index is 13.2. The van der Waals surface area contributed by atoms with E-state index in [4.69, 9.17) is 14.4 Å². The number of rotatable bonds is 3. The summed E-state index contributed by atoms with van der Waals surface area (Å²) in [5.41, 5.74) is 0.717. The van der Waals surface area contributed by atoms with Crippen molar-refractivity contribution in [3.05, 3.63) is 48.1 Å². The Labute approximate surface area is 187 Å². The SMILES string of the molecule is O=C(O)C(F)(F)F.O=C(c1ccno1)N1CCC2(CCCN(Cc3cccnc3)C2=O)CC1. The summed E-state index contributed by atoms with van der Waals surface area (Å²) >= 11 is 0. The summed E-state index contributed by atoms with van der Waals surface area (Å²) in [7, 11) is 0. The van der Waals surface area contributed by atoms with Gasteiger partial charge in [-0.1, -0.05) is 11.2 Å². The molecule has 2 aromatic rings. The van der Waals surface area contributed by atoms with E-state index in [9.17, 15) is 22.8 Å². The Morgan fingerprint density at radius 2 is 1.82 bits per heavy atom. The summed E-state index contributed by atoms with van der Waals surface area (Å²) in [6.07, 6.45) is 3.25. The van der Waals surface area contributed by atoms with Gasteiger partial charge in [-0.25, -0.2) is 4.79 Å². The van der Waals surface area contributed by atoms with Crippen LogP contribution in [-0.2, 0) is 16.1 Å². The van der Waals surface area contributed by atoms with E-state index in [1.807, 2.05) is 23.2 Å². The maximum Gasteiger partial charge on any atom is 0.490 e. The highest BCUT2D eigenvalue weighted by atomic mass is 19.4. The predicted molar refractivity (Wildman–Crippen MR) is 107 cm³/mol. The second-order valence-corrected chi connectivity index (χ2v) is 7.94. The lowest BCUT2D eigenvalue weighted by Gasteiger charge is -2.46. The van der Waals surface area contributed by atoms with Crippen molar-refractivity contribution in [1.29, 1.82) is 0 Å². The van der Waals surface area contributed by atoms with E-state index in [2.05, 4.69) is 10.1 Å². The molecule has 0 unspecified atom stereocenters. The van der Waals surface area contributed by atoms with Crippen molar-refractivity contribution in [3.63, 3.8) is 0 Å². The van der Waals surface area contributed by atoms with Crippen molar-refractivity contribution in [3.8, 4) is 0 Å². The molecule has 2 aromatic heterocycles. The molecule has 4 rings (SSSR count). The number of halogens is 3. The van der Waals surface area contributed by atoms with Gasteiger partial charge in [0.05, 0.1) is 11.6 Å². The smallest absolute Gasteiger partial charge is 0.475 e. The molecule has 12 heteroatoms. The second kappa shape index (κ2) is 10.0. The number of carbonyl (C=O) groups is 3. The van der Waals surface area contributed by atoms with Gasteiger partial charge in [0, 0.05) is 44.6 Å². The van der Waals surface area contributed by atoms with Crippen LogP contribution in [0.3, 0.4) is 0 Å². The highest BCUT2D eigenvalue weighted by Crippen LogP contribution is 2.41. The summed E-state index contributed by atoms with van der Waals surface area (Å²) in [5, 5.41) is 10.7. The number of aromatic nitrogens is 2. The molecule has 0 bridgehead atoms. The third kappa shape index (κ3) is 5.88. The third-order valence-corrected chi connectivity index (χ3v) is 5.82. The monoisotopic (exact) mass is 468 g/mol. The summed E-state index contributed by atoms with van der Waals surface area (Å²) < 4.78 is 36.7.